The third-order valence-electron chi connectivity index (χ3n) is 2.44. The Morgan fingerprint density at radius 1 is 1.41 bits per heavy atom. The second-order valence-corrected chi connectivity index (χ2v) is 4.30. The van der Waals surface area contributed by atoms with Crippen LogP contribution in [0.4, 0.5) is 10.5 Å². The van der Waals surface area contributed by atoms with Crippen molar-refractivity contribution in [2.45, 2.75) is 26.2 Å². The molecule has 0 spiro atoms. The van der Waals surface area contributed by atoms with Crippen molar-refractivity contribution in [2.24, 2.45) is 0 Å². The van der Waals surface area contributed by atoms with E-state index in [1.165, 1.54) is 4.90 Å². The molecular weight excluding hydrogens is 238 g/mol. The molecule has 17 heavy (non-hydrogen) atoms. The summed E-state index contributed by atoms with van der Waals surface area (Å²) < 4.78 is 5.14. The zero-order chi connectivity index (χ0) is 12.7. The number of nitrogens with zero attached hydrogens (tertiary/aromatic N) is 1. The molecule has 0 aromatic heterocycles. The summed E-state index contributed by atoms with van der Waals surface area (Å²) in [5.41, 5.74) is 0.734. The van der Waals surface area contributed by atoms with Crippen molar-refractivity contribution in [1.29, 1.82) is 0 Å². The van der Waals surface area contributed by atoms with E-state index in [0.717, 1.165) is 24.9 Å². The number of benzene rings is 1. The van der Waals surface area contributed by atoms with Gasteiger partial charge in [-0.2, -0.15) is 0 Å². The second kappa shape index (κ2) is 7.17. The molecule has 0 N–H and O–H groups in total. The monoisotopic (exact) mass is 255 g/mol. The fourth-order valence-electron chi connectivity index (χ4n) is 1.40. The molecule has 0 bridgehead atoms. The van der Waals surface area contributed by atoms with Gasteiger partial charge in [-0.3, -0.25) is 4.90 Å². The first-order chi connectivity index (χ1) is 8.15. The molecule has 0 radical (unpaired) electrons. The fourth-order valence-corrected chi connectivity index (χ4v) is 1.58. The third-order valence-corrected chi connectivity index (χ3v) is 2.68. The van der Waals surface area contributed by atoms with Crippen molar-refractivity contribution < 1.29 is 9.53 Å². The Kier molecular flexibility index (Phi) is 5.84. The maximum Gasteiger partial charge on any atom is 0.414 e. The number of hydrogen-bond acceptors (Lipinski definition) is 2. The molecule has 3 nitrogen and oxygen atoms in total. The van der Waals surface area contributed by atoms with Gasteiger partial charge in [-0.25, -0.2) is 4.79 Å². The van der Waals surface area contributed by atoms with E-state index in [0.29, 0.717) is 11.6 Å². The van der Waals surface area contributed by atoms with Crippen LogP contribution in [0.15, 0.2) is 24.3 Å². The van der Waals surface area contributed by atoms with Crippen molar-refractivity contribution >= 4 is 23.4 Å². The van der Waals surface area contributed by atoms with Gasteiger partial charge in [0, 0.05) is 17.8 Å². The highest BCUT2D eigenvalue weighted by molar-refractivity contribution is 6.30. The Labute approximate surface area is 107 Å². The first kappa shape index (κ1) is 13.8. The van der Waals surface area contributed by atoms with Gasteiger partial charge in [-0.15, -0.1) is 0 Å². The van der Waals surface area contributed by atoms with Crippen molar-refractivity contribution in [3.63, 3.8) is 0 Å². The number of ether oxygens (including phenoxy) is 1. The van der Waals surface area contributed by atoms with E-state index in [1.54, 1.807) is 25.2 Å². The van der Waals surface area contributed by atoms with Crippen molar-refractivity contribution in [2.75, 3.05) is 18.6 Å². The van der Waals surface area contributed by atoms with Crippen molar-refractivity contribution in [3.8, 4) is 0 Å². The summed E-state index contributed by atoms with van der Waals surface area (Å²) in [5.74, 6) is 0. The van der Waals surface area contributed by atoms with E-state index >= 15 is 0 Å². The zero-order valence-corrected chi connectivity index (χ0v) is 11.0. The minimum absolute atomic E-state index is 0.344. The molecule has 1 aromatic rings. The molecule has 0 saturated heterocycles. The Bertz CT molecular complexity index is 368. The predicted octanol–water partition coefficient (Wildman–Crippen LogP) is 4.10. The van der Waals surface area contributed by atoms with Crippen LogP contribution in [0.25, 0.3) is 0 Å². The Hall–Kier alpha value is -1.22. The third kappa shape index (κ3) is 4.65. The van der Waals surface area contributed by atoms with Gasteiger partial charge in [0.1, 0.15) is 0 Å². The number of halogens is 1. The molecule has 0 aliphatic heterocycles. The largest absolute Gasteiger partial charge is 0.449 e. The molecule has 0 aliphatic rings. The average Bonchev–Trinajstić information content (AvgIpc) is 2.33. The fraction of sp³-hybridized carbons (Fsp3) is 0.462. The van der Waals surface area contributed by atoms with Crippen LogP contribution in [-0.4, -0.2) is 19.7 Å². The summed E-state index contributed by atoms with van der Waals surface area (Å²) in [6.07, 6.45) is 2.75. The number of hydrogen-bond donors (Lipinski definition) is 0. The van der Waals surface area contributed by atoms with Crippen LogP contribution in [0.5, 0.6) is 0 Å². The van der Waals surface area contributed by atoms with E-state index in [9.17, 15) is 4.79 Å². The lowest BCUT2D eigenvalue weighted by Crippen LogP contribution is -2.27. The van der Waals surface area contributed by atoms with Gasteiger partial charge in [-0.05, 0) is 24.6 Å². The highest BCUT2D eigenvalue weighted by Crippen LogP contribution is 2.18. The highest BCUT2D eigenvalue weighted by atomic mass is 35.5. The van der Waals surface area contributed by atoms with Gasteiger partial charge in [0.2, 0.25) is 0 Å². The molecule has 0 saturated carbocycles. The molecule has 1 aromatic carbocycles. The Morgan fingerprint density at radius 2 is 2.18 bits per heavy atom. The summed E-state index contributed by atoms with van der Waals surface area (Å²) in [6.45, 7) is 2.58. The van der Waals surface area contributed by atoms with Gasteiger partial charge < -0.3 is 4.74 Å². The average molecular weight is 256 g/mol. The number of carbonyl (C=O) groups excluding carboxylic acids is 1. The van der Waals surface area contributed by atoms with Crippen LogP contribution in [0.1, 0.15) is 26.2 Å². The zero-order valence-electron chi connectivity index (χ0n) is 10.3. The first-order valence-corrected chi connectivity index (χ1v) is 6.19. The lowest BCUT2D eigenvalue weighted by Gasteiger charge is -2.17. The molecule has 4 heteroatoms. The van der Waals surface area contributed by atoms with E-state index in [4.69, 9.17) is 16.3 Å². The van der Waals surface area contributed by atoms with Crippen molar-refractivity contribution in [1.82, 2.24) is 0 Å². The van der Waals surface area contributed by atoms with Gasteiger partial charge >= 0.3 is 6.09 Å². The number of anilines is 1. The molecule has 0 atom stereocenters. The lowest BCUT2D eigenvalue weighted by molar-refractivity contribution is 0.153. The SMILES string of the molecule is CCCCCOC(=O)N(C)c1cccc(Cl)c1. The number of amides is 1. The van der Waals surface area contributed by atoms with Crippen LogP contribution in [0.2, 0.25) is 5.02 Å². The van der Waals surface area contributed by atoms with Gasteiger partial charge in [0.05, 0.1) is 6.61 Å². The molecular formula is C13H18ClNO2. The van der Waals surface area contributed by atoms with Crippen LogP contribution < -0.4 is 4.90 Å². The molecule has 94 valence electrons. The van der Waals surface area contributed by atoms with Crippen LogP contribution >= 0.6 is 11.6 Å². The number of rotatable bonds is 5. The van der Waals surface area contributed by atoms with Gasteiger partial charge in [0.15, 0.2) is 0 Å². The summed E-state index contributed by atoms with van der Waals surface area (Å²) in [5, 5.41) is 0.605. The van der Waals surface area contributed by atoms with Gasteiger partial charge in [0.25, 0.3) is 0 Å². The standard InChI is InChI=1S/C13H18ClNO2/c1-3-4-5-9-17-13(16)15(2)12-8-6-7-11(14)10-12/h6-8,10H,3-5,9H2,1-2H3. The number of carbonyl (C=O) groups is 1. The number of unbranched alkanes of at least 4 members (excludes halogenated alkanes) is 2. The molecule has 0 aliphatic carbocycles. The van der Waals surface area contributed by atoms with Crippen LogP contribution in [0.3, 0.4) is 0 Å². The molecule has 1 amide bonds. The second-order valence-electron chi connectivity index (χ2n) is 3.86. The maximum atomic E-state index is 11.7. The molecule has 1 rings (SSSR count). The molecule has 0 fully saturated rings. The van der Waals surface area contributed by atoms with E-state index in [2.05, 4.69) is 6.92 Å². The van der Waals surface area contributed by atoms with E-state index in [-0.39, 0.29) is 6.09 Å². The Balaban J connectivity index is 2.46. The lowest BCUT2D eigenvalue weighted by atomic mass is 10.3. The quantitative estimate of drug-likeness (QED) is 0.742. The Morgan fingerprint density at radius 3 is 2.82 bits per heavy atom. The normalized spacial score (nSPS) is 10.1. The summed E-state index contributed by atoms with van der Waals surface area (Å²) >= 11 is 5.86. The minimum atomic E-state index is -0.344. The predicted molar refractivity (Wildman–Crippen MR) is 70.7 cm³/mol. The maximum absolute atomic E-state index is 11.7. The minimum Gasteiger partial charge on any atom is -0.449 e. The smallest absolute Gasteiger partial charge is 0.414 e. The van der Waals surface area contributed by atoms with Gasteiger partial charge in [-0.1, -0.05) is 37.4 Å². The topological polar surface area (TPSA) is 29.5 Å². The van der Waals surface area contributed by atoms with E-state index < -0.39 is 0 Å². The summed E-state index contributed by atoms with van der Waals surface area (Å²) in [4.78, 5) is 13.1. The van der Waals surface area contributed by atoms with Crippen molar-refractivity contribution in [3.05, 3.63) is 29.3 Å². The molecule has 0 unspecified atom stereocenters. The summed E-state index contributed by atoms with van der Waals surface area (Å²) in [7, 11) is 1.67. The van der Waals surface area contributed by atoms with Crippen LogP contribution in [0, 0.1) is 0 Å². The first-order valence-electron chi connectivity index (χ1n) is 5.81. The summed E-state index contributed by atoms with van der Waals surface area (Å²) in [6, 6.07) is 7.12. The van der Waals surface area contributed by atoms with E-state index in [1.807, 2.05) is 6.07 Å². The molecule has 0 heterocycles. The van der Waals surface area contributed by atoms with Crippen LogP contribution in [-0.2, 0) is 4.74 Å². The highest BCUT2D eigenvalue weighted by Gasteiger charge is 2.11.